The van der Waals surface area contributed by atoms with Gasteiger partial charge in [-0.2, -0.15) is 18.7 Å². The SMILES string of the molecule is CCn1cnc2c1ccc[n+]2CC1=C(C(=O)[O-])N2C(=O)C(NC(=O)C(=NC)c3nsc(N)n3)C2SC1.[B]P(C)OC(=O)C1=C(C[n+]2cccc3c2ncn3CC)CSC2C(NC(=O)C(=NC)c3nsc(NC)n3)C(=O)N12.[I-]. The lowest BCUT2D eigenvalue weighted by Crippen LogP contribution is -3.00. The summed E-state index contributed by atoms with van der Waals surface area (Å²) in [5.74, 6) is -3.31. The summed E-state index contributed by atoms with van der Waals surface area (Å²) >= 11 is 4.83. The molecule has 0 bridgehead atoms. The molecule has 400 valence electrons. The van der Waals surface area contributed by atoms with Gasteiger partial charge in [-0.15, -0.1) is 23.5 Å². The van der Waals surface area contributed by atoms with Gasteiger partial charge in [0.25, 0.3) is 23.6 Å². The van der Waals surface area contributed by atoms with Crippen LogP contribution in [0.3, 0.4) is 0 Å². The van der Waals surface area contributed by atoms with Crippen LogP contribution in [0.1, 0.15) is 25.5 Å². The minimum absolute atomic E-state index is 0. The lowest BCUT2D eigenvalue weighted by Gasteiger charge is -2.50. The van der Waals surface area contributed by atoms with Gasteiger partial charge in [0.1, 0.15) is 52.7 Å². The number of nitrogens with two attached hydrogens (primary N) is 1. The highest BCUT2D eigenvalue weighted by molar-refractivity contribution is 8.00. The predicted molar refractivity (Wildman–Crippen MR) is 284 cm³/mol. The number of thioether (sulfide) groups is 2. The minimum atomic E-state index is -1.51. The molecule has 5 unspecified atom stereocenters. The van der Waals surface area contributed by atoms with Crippen LogP contribution < -0.4 is 59.9 Å². The van der Waals surface area contributed by atoms with Crippen molar-refractivity contribution in [2.45, 2.75) is 62.9 Å². The van der Waals surface area contributed by atoms with E-state index in [0.29, 0.717) is 40.0 Å². The molecule has 4 amide bonds. The standard InChI is InChI=1S/C23H25BN9O4PS2.C21H21N9O4S2.HI/c1-5-31-11-27-18-13(31)7-6-8-32(18)9-12-10-39-21-15(20(35)33(21)16(12)22(36)37-38(4)24)28-19(34)14(25-2)17-29-23(26-3)40-30-17;1-3-28-9-24-16-11(28)5-4-6-29(16)7-10-8-35-19-13(18(32)30(19)14(10)20(33)34)25-17(31)12(23-2)15-26-21(22)36-27-15;/h6-8,11,15,21H,5,9-10H2,1-4H3,(H-,26,28,29,30,34);4-6,9,13,19H,3,7-8H2,1-2H3,(H3-,22,25,26,27,31,33,34);1H. The Bertz CT molecular complexity index is 3470. The van der Waals surface area contributed by atoms with E-state index >= 15 is 0 Å². The third-order valence-electron chi connectivity index (χ3n) is 12.4. The number of hydrogen-bond donors (Lipinski definition) is 4. The number of rotatable bonds is 16. The number of carboxylic acid groups (broad SMARTS) is 1. The maximum absolute atomic E-state index is 13.4. The van der Waals surface area contributed by atoms with Crippen molar-refractivity contribution >= 4 is 142 Å². The van der Waals surface area contributed by atoms with Gasteiger partial charge in [0.15, 0.2) is 35.8 Å². The van der Waals surface area contributed by atoms with E-state index < -0.39 is 66.4 Å². The molecule has 6 aromatic heterocycles. The Morgan fingerprint density at radius 1 is 0.818 bits per heavy atom. The highest BCUT2D eigenvalue weighted by Crippen LogP contribution is 2.43. The second-order valence-corrected chi connectivity index (χ2v) is 21.9. The average molecular weight is 1250 g/mol. The van der Waals surface area contributed by atoms with E-state index in [0.717, 1.165) is 52.8 Å². The van der Waals surface area contributed by atoms with Gasteiger partial charge in [-0.25, -0.2) is 13.9 Å². The number of aryl methyl sites for hydroxylation is 2. The fraction of sp³-hybridized carbons (Fsp3) is 0.364. The highest BCUT2D eigenvalue weighted by Gasteiger charge is 2.56. The summed E-state index contributed by atoms with van der Waals surface area (Å²) in [7, 11) is 8.87. The summed E-state index contributed by atoms with van der Waals surface area (Å²) in [6.07, 6.45) is 7.21. The van der Waals surface area contributed by atoms with Crippen molar-refractivity contribution in [1.29, 1.82) is 0 Å². The summed E-state index contributed by atoms with van der Waals surface area (Å²) in [6.45, 7) is 7.72. The molecule has 4 aliphatic rings. The second kappa shape index (κ2) is 24.0. The van der Waals surface area contributed by atoms with Crippen LogP contribution in [0, 0.1) is 0 Å². The van der Waals surface area contributed by atoms with Gasteiger partial charge < -0.3 is 69.2 Å². The fourth-order valence-corrected chi connectivity index (χ4v) is 12.8. The number of hydrogen-bond acceptors (Lipinski definition) is 22. The number of aliphatic imine (C=N–C) groups is 2. The summed E-state index contributed by atoms with van der Waals surface area (Å²) < 4.78 is 21.3. The molecule has 0 aromatic carbocycles. The summed E-state index contributed by atoms with van der Waals surface area (Å²) in [5.41, 5.74) is 10.1. The molecule has 0 spiro atoms. The lowest BCUT2D eigenvalue weighted by atomic mass is 10.0. The number of carbonyl (C=O) groups excluding carboxylic acids is 6. The first-order valence-electron chi connectivity index (χ1n) is 23.2. The maximum Gasteiger partial charge on any atom is 0.357 e. The van der Waals surface area contributed by atoms with Gasteiger partial charge in [-0.1, -0.05) is 0 Å². The van der Waals surface area contributed by atoms with Crippen LogP contribution in [0.4, 0.5) is 10.3 Å². The van der Waals surface area contributed by atoms with Crippen LogP contribution in [0.2, 0.25) is 0 Å². The van der Waals surface area contributed by atoms with Gasteiger partial charge in [-0.3, -0.25) is 39.0 Å². The van der Waals surface area contributed by atoms with E-state index in [-0.39, 0.29) is 70.1 Å². The van der Waals surface area contributed by atoms with Crippen molar-refractivity contribution in [2.24, 2.45) is 9.98 Å². The number of aromatic nitrogens is 10. The third kappa shape index (κ3) is 11.0. The normalized spacial score (nSPS) is 19.6. The average Bonchev–Trinajstić information content (AvgIpc) is 4.31. The molecule has 6 aromatic rings. The van der Waals surface area contributed by atoms with Crippen LogP contribution in [-0.2, 0) is 59.5 Å². The van der Waals surface area contributed by atoms with Crippen molar-refractivity contribution in [2.75, 3.05) is 50.4 Å². The summed E-state index contributed by atoms with van der Waals surface area (Å²) in [6, 6.07) is 5.92. The monoisotopic (exact) mass is 1250 g/mol. The van der Waals surface area contributed by atoms with Gasteiger partial charge >= 0.3 is 17.3 Å². The van der Waals surface area contributed by atoms with Gasteiger partial charge in [-0.05, 0) is 54.7 Å². The molecule has 2 radical (unpaired) electrons. The molecule has 0 aliphatic carbocycles. The lowest BCUT2D eigenvalue weighted by molar-refractivity contribution is -0.665. The quantitative estimate of drug-likeness (QED) is 0.0179. The van der Waals surface area contributed by atoms with Crippen LogP contribution in [0.25, 0.3) is 22.3 Å². The molecule has 2 saturated heterocycles. The molecule has 10 rings (SSSR count). The molecule has 26 nitrogen and oxygen atoms in total. The zero-order valence-corrected chi connectivity index (χ0v) is 48.1. The first kappa shape index (κ1) is 56.7. The van der Waals surface area contributed by atoms with Crippen LogP contribution >= 0.6 is 54.6 Å². The Kier molecular flexibility index (Phi) is 17.7. The van der Waals surface area contributed by atoms with E-state index in [9.17, 15) is 33.9 Å². The molecule has 5 atom stereocenters. The van der Waals surface area contributed by atoms with Gasteiger partial charge in [0.05, 0.1) is 24.1 Å². The number of halogens is 1. The number of nitrogen functional groups attached to an aromatic ring is 1. The van der Waals surface area contributed by atoms with Crippen molar-refractivity contribution in [3.63, 3.8) is 0 Å². The summed E-state index contributed by atoms with van der Waals surface area (Å²) in [4.78, 5) is 105. The Hall–Kier alpha value is -6.48. The van der Waals surface area contributed by atoms with E-state index in [1.54, 1.807) is 26.4 Å². The molecule has 33 heteroatoms. The zero-order valence-electron chi connectivity index (χ0n) is 41.8. The Labute approximate surface area is 475 Å². The van der Waals surface area contributed by atoms with E-state index in [1.807, 2.05) is 68.8 Å². The zero-order chi connectivity index (χ0) is 54.1. The number of aliphatic carboxylic acids is 1. The number of carbonyl (C=O) groups is 6. The number of anilines is 2. The number of amides is 4. The number of fused-ring (bicyclic) bond motifs is 4. The molecular weight excluding hydrogens is 1210 g/mol. The highest BCUT2D eigenvalue weighted by atomic mass is 127. The topological polar surface area (TPSA) is 323 Å². The number of pyridine rings is 2. The second-order valence-electron chi connectivity index (χ2n) is 16.9. The molecule has 4 aliphatic heterocycles. The van der Waals surface area contributed by atoms with Crippen molar-refractivity contribution in [3.05, 3.63) is 83.5 Å². The van der Waals surface area contributed by atoms with Crippen LogP contribution in [-0.4, -0.2) is 164 Å². The van der Waals surface area contributed by atoms with Gasteiger partial charge in [0, 0.05) is 88.0 Å². The Morgan fingerprint density at radius 2 is 1.30 bits per heavy atom. The first-order valence-corrected chi connectivity index (χ1v) is 28.6. The Balaban J connectivity index is 0.000000202. The molecule has 5 N–H and O–H groups in total. The molecule has 10 heterocycles. The smallest absolute Gasteiger partial charge is 0.357 e. The Morgan fingerprint density at radius 3 is 1.73 bits per heavy atom. The molecule has 77 heavy (non-hydrogen) atoms. The van der Waals surface area contributed by atoms with Gasteiger partial charge in [0.2, 0.25) is 17.8 Å². The third-order valence-corrected chi connectivity index (χ3v) is 16.8. The summed E-state index contributed by atoms with van der Waals surface area (Å²) in [5, 5.41) is 20.0. The van der Waals surface area contributed by atoms with E-state index in [1.165, 1.54) is 47.4 Å². The van der Waals surface area contributed by atoms with Crippen LogP contribution in [0.15, 0.2) is 81.8 Å². The number of imidazole rings is 2. The number of nitrogens with one attached hydrogen (secondary N) is 3. The first-order chi connectivity index (χ1) is 36.6. The number of nitrogens with zero attached hydrogens (tertiary/aromatic N) is 14. The van der Waals surface area contributed by atoms with E-state index in [4.69, 9.17) is 17.8 Å². The maximum atomic E-state index is 13.4. The minimum Gasteiger partial charge on any atom is -1.00 e. The number of β-lactam (4-membered cyclic amide) rings is 2. The molecule has 0 saturated carbocycles. The number of carboxylic acids is 1. The van der Waals surface area contributed by atoms with E-state index in [2.05, 4.69) is 54.6 Å². The molecule has 2 fully saturated rings. The van der Waals surface area contributed by atoms with Crippen LogP contribution in [0.5, 0.6) is 0 Å². The van der Waals surface area contributed by atoms with Crippen molar-refractivity contribution in [3.8, 4) is 0 Å². The largest absolute Gasteiger partial charge is 1.00 e. The predicted octanol–water partition coefficient (Wildman–Crippen LogP) is -4.03. The fourth-order valence-electron chi connectivity index (χ4n) is 8.87. The van der Waals surface area contributed by atoms with Crippen molar-refractivity contribution < 1.29 is 71.5 Å². The van der Waals surface area contributed by atoms with Crippen molar-refractivity contribution in [1.82, 2.24) is 58.3 Å². The molecular formula is C44H47BIN18O8PS4.